The zero-order valence-electron chi connectivity index (χ0n) is 41.5. The molecule has 2 atom stereocenters. The molecule has 0 bridgehead atoms. The topological polar surface area (TPSA) is 204 Å². The highest BCUT2D eigenvalue weighted by atomic mass is 31.2. The molecule has 0 radical (unpaired) electrons. The van der Waals surface area contributed by atoms with Crippen molar-refractivity contribution in [3.8, 4) is 34.7 Å². The van der Waals surface area contributed by atoms with Gasteiger partial charge in [-0.25, -0.2) is 19.9 Å². The fourth-order valence-corrected chi connectivity index (χ4v) is 13.2. The Hall–Kier alpha value is -6.14. The molecule has 7 aromatic rings. The van der Waals surface area contributed by atoms with Gasteiger partial charge in [-0.3, -0.25) is 4.90 Å². The summed E-state index contributed by atoms with van der Waals surface area (Å²) in [4.78, 5) is 28.0. The van der Waals surface area contributed by atoms with Crippen LogP contribution in [0.4, 0.5) is 11.9 Å². The standard InChI is InChI=1S/C30H35N6OP.C23H29N6OP/c1-20-15-33-29(34-23-13-30(2,3)19-36(18-23)17-21-9-7-6-8-10-21)35-26(20)25-16-32-27-24(25)12-11-22(14-31)28(27)38(4,5)37;1-14-10-27-22(28-16-8-23(2,3)13-25-11-16)29-19(14)18-12-26-20-17(18)7-6-15(9-24)21(20)31(4,5)30/h6-12,15-16,23,32H,13,17-19H2,1-5H3,(H,33,34,35);6-7,10,12,16,25-26H,8,11,13H2,1-5H3,(H,27,28,29)/t23-;16-/m00/s1. The number of rotatable bonds is 10. The highest BCUT2D eigenvalue weighted by Gasteiger charge is 2.34. The van der Waals surface area contributed by atoms with Crippen molar-refractivity contribution in [2.45, 2.75) is 73.0 Å². The van der Waals surface area contributed by atoms with E-state index < -0.39 is 14.3 Å². The number of benzene rings is 3. The van der Waals surface area contributed by atoms with Gasteiger partial charge in [0.2, 0.25) is 11.9 Å². The molecule has 2 saturated heterocycles. The number of piperidine rings is 2. The lowest BCUT2D eigenvalue weighted by atomic mass is 9.81. The summed E-state index contributed by atoms with van der Waals surface area (Å²) >= 11 is 0. The van der Waals surface area contributed by atoms with Gasteiger partial charge in [-0.05, 0) is 93.0 Å². The van der Waals surface area contributed by atoms with E-state index in [9.17, 15) is 19.7 Å². The van der Waals surface area contributed by atoms with Crippen molar-refractivity contribution in [3.05, 3.63) is 107 Å². The number of hydrogen-bond donors (Lipinski definition) is 5. The predicted octanol–water partition coefficient (Wildman–Crippen LogP) is 9.62. The number of aryl methyl sites for hydroxylation is 2. The van der Waals surface area contributed by atoms with Gasteiger partial charge in [0.25, 0.3) is 0 Å². The number of aromatic amines is 2. The van der Waals surface area contributed by atoms with Crippen LogP contribution in [0.3, 0.4) is 0 Å². The summed E-state index contributed by atoms with van der Waals surface area (Å²) in [5, 5.41) is 32.7. The number of fused-ring (bicyclic) bond motifs is 2. The molecule has 69 heavy (non-hydrogen) atoms. The number of nitrogens with one attached hydrogen (secondary N) is 5. The second kappa shape index (κ2) is 19.3. The molecule has 9 rings (SSSR count). The monoisotopic (exact) mass is 962 g/mol. The normalized spacial score (nSPS) is 18.2. The Morgan fingerprint density at radius 2 is 1.20 bits per heavy atom. The smallest absolute Gasteiger partial charge is 0.223 e. The highest BCUT2D eigenvalue weighted by molar-refractivity contribution is 7.71. The number of anilines is 2. The number of aromatic nitrogens is 6. The van der Waals surface area contributed by atoms with Crippen LogP contribution in [-0.2, 0) is 15.7 Å². The quantitative estimate of drug-likeness (QED) is 0.0814. The average Bonchev–Trinajstić information content (AvgIpc) is 3.90. The summed E-state index contributed by atoms with van der Waals surface area (Å²) < 4.78 is 26.0. The minimum absolute atomic E-state index is 0.165. The Morgan fingerprint density at radius 3 is 1.68 bits per heavy atom. The Balaban J connectivity index is 0.000000190. The fraction of sp³-hybridized carbons (Fsp3) is 0.396. The first-order valence-electron chi connectivity index (χ1n) is 23.5. The molecule has 5 N–H and O–H groups in total. The minimum atomic E-state index is -2.69. The zero-order chi connectivity index (χ0) is 49.5. The molecule has 0 spiro atoms. The maximum atomic E-state index is 13.1. The van der Waals surface area contributed by atoms with Crippen molar-refractivity contribution in [1.29, 1.82) is 10.5 Å². The van der Waals surface area contributed by atoms with Crippen molar-refractivity contribution < 1.29 is 9.13 Å². The molecule has 6 heterocycles. The lowest BCUT2D eigenvalue weighted by molar-refractivity contribution is 0.101. The van der Waals surface area contributed by atoms with Crippen LogP contribution in [0.1, 0.15) is 68.4 Å². The van der Waals surface area contributed by atoms with Crippen LogP contribution in [0.15, 0.2) is 79.4 Å². The van der Waals surface area contributed by atoms with Gasteiger partial charge in [0, 0.05) is 91.5 Å². The van der Waals surface area contributed by atoms with Crippen LogP contribution in [0.2, 0.25) is 0 Å². The third-order valence-corrected chi connectivity index (χ3v) is 16.2. The van der Waals surface area contributed by atoms with E-state index in [4.69, 9.17) is 9.97 Å². The zero-order valence-corrected chi connectivity index (χ0v) is 43.2. The molecule has 0 aliphatic carbocycles. The molecule has 3 aromatic carbocycles. The van der Waals surface area contributed by atoms with Crippen LogP contribution in [0.5, 0.6) is 0 Å². The molecule has 0 saturated carbocycles. The van der Waals surface area contributed by atoms with E-state index in [0.29, 0.717) is 33.6 Å². The molecular weight excluding hydrogens is 899 g/mol. The van der Waals surface area contributed by atoms with Gasteiger partial charge >= 0.3 is 0 Å². The highest BCUT2D eigenvalue weighted by Crippen LogP contribution is 2.43. The van der Waals surface area contributed by atoms with Crippen LogP contribution >= 0.6 is 14.3 Å². The molecule has 14 nitrogen and oxygen atoms in total. The predicted molar refractivity (Wildman–Crippen MR) is 282 cm³/mol. The van der Waals surface area contributed by atoms with Gasteiger partial charge in [0.1, 0.15) is 14.3 Å². The first-order chi connectivity index (χ1) is 32.6. The van der Waals surface area contributed by atoms with E-state index in [1.807, 2.05) is 50.8 Å². The summed E-state index contributed by atoms with van der Waals surface area (Å²) in [7, 11) is -5.35. The minimum Gasteiger partial charge on any atom is -0.360 e. The SMILES string of the molecule is Cc1cnc(N[C@@H]2CN(Cc3ccccc3)CC(C)(C)C2)nc1-c1c[nH]c2c(P(C)(C)=O)c(C#N)ccc12.Cc1cnc(N[C@@H]2CNCC(C)(C)C2)nc1-c1c[nH]c2c(P(C)(C)=O)c(C#N)ccc12. The summed E-state index contributed by atoms with van der Waals surface area (Å²) in [6.07, 6.45) is 9.54. The number of likely N-dealkylation sites (tertiary alicyclic amines) is 1. The Kier molecular flexibility index (Phi) is 13.8. The van der Waals surface area contributed by atoms with E-state index in [0.717, 1.165) is 101 Å². The van der Waals surface area contributed by atoms with Crippen molar-refractivity contribution >= 4 is 58.6 Å². The molecule has 0 unspecified atom stereocenters. The molecule has 16 heteroatoms. The summed E-state index contributed by atoms with van der Waals surface area (Å²) in [6, 6.07) is 22.8. The molecule has 4 aromatic heterocycles. The van der Waals surface area contributed by atoms with Gasteiger partial charge in [0.05, 0.1) is 56.3 Å². The number of hydrogen-bond acceptors (Lipinski definition) is 12. The Labute approximate surface area is 405 Å². The van der Waals surface area contributed by atoms with E-state index in [-0.39, 0.29) is 22.9 Å². The van der Waals surface area contributed by atoms with Gasteiger partial charge in [0.15, 0.2) is 0 Å². The first-order valence-corrected chi connectivity index (χ1v) is 28.7. The largest absolute Gasteiger partial charge is 0.360 e. The summed E-state index contributed by atoms with van der Waals surface area (Å²) in [5.41, 5.74) is 9.47. The van der Waals surface area contributed by atoms with Gasteiger partial charge < -0.3 is 35.0 Å². The van der Waals surface area contributed by atoms with Gasteiger partial charge in [-0.15, -0.1) is 0 Å². The molecular formula is C53H64N12O2P2. The van der Waals surface area contributed by atoms with E-state index in [1.165, 1.54) is 5.56 Å². The second-order valence-corrected chi connectivity index (χ2v) is 27.6. The van der Waals surface area contributed by atoms with Crippen molar-refractivity contribution in [3.63, 3.8) is 0 Å². The average molecular weight is 963 g/mol. The lowest BCUT2D eigenvalue weighted by Crippen LogP contribution is -2.49. The molecule has 358 valence electrons. The number of H-pyrrole nitrogens is 2. The first kappa shape index (κ1) is 49.3. The Morgan fingerprint density at radius 1 is 0.710 bits per heavy atom. The fourth-order valence-electron chi connectivity index (χ4n) is 10.3. The van der Waals surface area contributed by atoms with E-state index >= 15 is 0 Å². The van der Waals surface area contributed by atoms with Crippen molar-refractivity contribution in [2.24, 2.45) is 10.8 Å². The van der Waals surface area contributed by atoms with Crippen LogP contribution in [0.25, 0.3) is 44.3 Å². The summed E-state index contributed by atoms with van der Waals surface area (Å²) in [5.74, 6) is 1.21. The van der Waals surface area contributed by atoms with Gasteiger partial charge in [-0.1, -0.05) is 70.2 Å². The molecule has 2 aliphatic rings. The number of nitrogens with zero attached hydrogens (tertiary/aromatic N) is 7. The third-order valence-electron chi connectivity index (χ3n) is 13.1. The lowest BCUT2D eigenvalue weighted by Gasteiger charge is -2.42. The third kappa shape index (κ3) is 11.0. The van der Waals surface area contributed by atoms with Crippen molar-refractivity contribution in [1.82, 2.24) is 40.1 Å². The van der Waals surface area contributed by atoms with Crippen LogP contribution < -0.4 is 26.6 Å². The number of nitriles is 2. The summed E-state index contributed by atoms with van der Waals surface area (Å²) in [6.45, 7) is 24.7. The molecule has 2 fully saturated rings. The Bertz CT molecular complexity index is 3220. The van der Waals surface area contributed by atoms with Crippen LogP contribution in [0, 0.1) is 47.3 Å². The molecule has 0 amide bonds. The van der Waals surface area contributed by atoms with Gasteiger partial charge in [-0.2, -0.15) is 10.5 Å². The maximum absolute atomic E-state index is 13.1. The second-order valence-electron chi connectivity index (χ2n) is 21.3. The van der Waals surface area contributed by atoms with E-state index in [2.05, 4.69) is 111 Å². The van der Waals surface area contributed by atoms with Crippen molar-refractivity contribution in [2.75, 3.05) is 63.5 Å². The van der Waals surface area contributed by atoms with Crippen LogP contribution in [-0.4, -0.2) is 99.7 Å². The van der Waals surface area contributed by atoms with E-state index in [1.54, 1.807) is 38.8 Å². The molecule has 2 aliphatic heterocycles. The maximum Gasteiger partial charge on any atom is 0.223 e.